The van der Waals surface area contributed by atoms with Gasteiger partial charge < -0.3 is 5.32 Å². The quantitative estimate of drug-likeness (QED) is 0.624. The molecule has 78 valence electrons. The van der Waals surface area contributed by atoms with Crippen molar-refractivity contribution in [1.29, 1.82) is 0 Å². The molecular weight excluding hydrogens is 218 g/mol. The minimum absolute atomic E-state index is 0.148. The summed E-state index contributed by atoms with van der Waals surface area (Å²) in [5, 5.41) is 3.01. The van der Waals surface area contributed by atoms with Crippen LogP contribution in [0.25, 0.3) is 0 Å². The fourth-order valence-corrected chi connectivity index (χ4v) is 2.50. The molecule has 2 nitrogen and oxygen atoms in total. The lowest BCUT2D eigenvalue weighted by Crippen LogP contribution is -2.09. The van der Waals surface area contributed by atoms with E-state index in [0.29, 0.717) is 16.3 Å². The Kier molecular flexibility index (Phi) is 4.58. The molecule has 0 aliphatic rings. The summed E-state index contributed by atoms with van der Waals surface area (Å²) in [5.74, 6) is 0.148. The Morgan fingerprint density at radius 3 is 2.86 bits per heavy atom. The number of halogens is 1. The minimum atomic E-state index is 0.148. The van der Waals surface area contributed by atoms with Crippen LogP contribution in [0.3, 0.4) is 0 Å². The Morgan fingerprint density at radius 1 is 1.64 bits per heavy atom. The highest BCUT2D eigenvalue weighted by Gasteiger charge is 2.12. The number of Topliss-reactive ketones (excluding diaryl/α,β-unsaturated/α-hetero) is 1. The number of nitrogens with one attached hydrogen (secondary N) is 1. The molecule has 14 heavy (non-hydrogen) atoms. The van der Waals surface area contributed by atoms with E-state index < -0.39 is 0 Å². The molecule has 0 radical (unpaired) electrons. The number of carbonyl (C=O) groups excluding carboxylic acids is 1. The van der Waals surface area contributed by atoms with E-state index in [1.54, 1.807) is 0 Å². The third-order valence-electron chi connectivity index (χ3n) is 1.94. The molecule has 0 unspecified atom stereocenters. The van der Waals surface area contributed by atoms with Crippen molar-refractivity contribution >= 4 is 28.7 Å². The molecule has 4 heteroatoms. The lowest BCUT2D eigenvalue weighted by atomic mass is 10.1. The van der Waals surface area contributed by atoms with Crippen molar-refractivity contribution in [3.05, 3.63) is 20.8 Å². The van der Waals surface area contributed by atoms with Crippen LogP contribution in [-0.2, 0) is 0 Å². The van der Waals surface area contributed by atoms with Crippen LogP contribution in [0.4, 0.5) is 0 Å². The van der Waals surface area contributed by atoms with Gasteiger partial charge in [-0.25, -0.2) is 0 Å². The van der Waals surface area contributed by atoms with Crippen molar-refractivity contribution in [1.82, 2.24) is 5.32 Å². The normalized spacial score (nSPS) is 10.5. The standard InChI is InChI=1S/C10H14ClNOS/c1-7-6-8(10(11)14-7)9(13)4-3-5-12-2/h6,12H,3-5H2,1-2H3. The number of rotatable bonds is 5. The Hall–Kier alpha value is -0.380. The van der Waals surface area contributed by atoms with Gasteiger partial charge in [0.1, 0.15) is 4.34 Å². The molecule has 0 bridgehead atoms. The van der Waals surface area contributed by atoms with E-state index in [0.717, 1.165) is 17.8 Å². The second-order valence-electron chi connectivity index (χ2n) is 3.17. The maximum Gasteiger partial charge on any atom is 0.165 e. The van der Waals surface area contributed by atoms with Crippen molar-refractivity contribution in [2.45, 2.75) is 19.8 Å². The second kappa shape index (κ2) is 5.49. The molecule has 0 aromatic carbocycles. The molecule has 1 rings (SSSR count). The molecule has 0 amide bonds. The van der Waals surface area contributed by atoms with Gasteiger partial charge in [-0.2, -0.15) is 0 Å². The predicted octanol–water partition coefficient (Wildman–Crippen LogP) is 2.89. The number of aryl methyl sites for hydroxylation is 1. The molecule has 1 aromatic rings. The lowest BCUT2D eigenvalue weighted by molar-refractivity contribution is 0.0981. The summed E-state index contributed by atoms with van der Waals surface area (Å²) in [4.78, 5) is 12.7. The Morgan fingerprint density at radius 2 is 2.36 bits per heavy atom. The van der Waals surface area contributed by atoms with Gasteiger partial charge in [-0.1, -0.05) is 11.6 Å². The van der Waals surface area contributed by atoms with E-state index in [1.165, 1.54) is 11.3 Å². The van der Waals surface area contributed by atoms with Crippen LogP contribution >= 0.6 is 22.9 Å². The lowest BCUT2D eigenvalue weighted by Gasteiger charge is -1.98. The van der Waals surface area contributed by atoms with Gasteiger partial charge in [-0.3, -0.25) is 4.79 Å². The van der Waals surface area contributed by atoms with E-state index in [9.17, 15) is 4.79 Å². The molecule has 0 fully saturated rings. The van der Waals surface area contributed by atoms with E-state index >= 15 is 0 Å². The highest BCUT2D eigenvalue weighted by molar-refractivity contribution is 7.16. The van der Waals surface area contributed by atoms with Crippen LogP contribution in [0.2, 0.25) is 4.34 Å². The van der Waals surface area contributed by atoms with Gasteiger partial charge in [0, 0.05) is 16.9 Å². The monoisotopic (exact) mass is 231 g/mol. The van der Waals surface area contributed by atoms with E-state index in [1.807, 2.05) is 20.0 Å². The largest absolute Gasteiger partial charge is 0.320 e. The zero-order valence-corrected chi connectivity index (χ0v) is 9.97. The summed E-state index contributed by atoms with van der Waals surface area (Å²) in [6, 6.07) is 1.87. The summed E-state index contributed by atoms with van der Waals surface area (Å²) in [5.41, 5.74) is 0.685. The first-order valence-electron chi connectivity index (χ1n) is 4.59. The highest BCUT2D eigenvalue weighted by atomic mass is 35.5. The Labute approximate surface area is 93.3 Å². The highest BCUT2D eigenvalue weighted by Crippen LogP contribution is 2.28. The first-order valence-corrected chi connectivity index (χ1v) is 5.78. The number of ketones is 1. The fraction of sp³-hybridized carbons (Fsp3) is 0.500. The summed E-state index contributed by atoms with van der Waals surface area (Å²) in [7, 11) is 1.88. The molecule has 0 aliphatic carbocycles. The average Bonchev–Trinajstić information content (AvgIpc) is 2.45. The van der Waals surface area contributed by atoms with E-state index in [2.05, 4.69) is 5.32 Å². The summed E-state index contributed by atoms with van der Waals surface area (Å²) >= 11 is 7.40. The number of hydrogen-bond acceptors (Lipinski definition) is 3. The van der Waals surface area contributed by atoms with Crippen LogP contribution in [0.5, 0.6) is 0 Å². The minimum Gasteiger partial charge on any atom is -0.320 e. The molecule has 1 N–H and O–H groups in total. The number of carbonyl (C=O) groups is 1. The number of thiophene rings is 1. The van der Waals surface area contributed by atoms with Gasteiger partial charge in [0.2, 0.25) is 0 Å². The molecule has 0 aliphatic heterocycles. The van der Waals surface area contributed by atoms with Gasteiger partial charge in [0.25, 0.3) is 0 Å². The molecule has 0 saturated carbocycles. The Bertz CT molecular complexity index is 322. The second-order valence-corrected chi connectivity index (χ2v) is 5.03. The first-order chi connectivity index (χ1) is 6.65. The van der Waals surface area contributed by atoms with Crippen molar-refractivity contribution < 1.29 is 4.79 Å². The molecule has 1 aromatic heterocycles. The summed E-state index contributed by atoms with van der Waals surface area (Å²) < 4.78 is 0.622. The van der Waals surface area contributed by atoms with Gasteiger partial charge in [-0.05, 0) is 33.0 Å². The molecule has 0 saturated heterocycles. The molecule has 1 heterocycles. The summed E-state index contributed by atoms with van der Waals surface area (Å²) in [6.45, 7) is 2.83. The van der Waals surface area contributed by atoms with Gasteiger partial charge in [0.15, 0.2) is 5.78 Å². The smallest absolute Gasteiger partial charge is 0.165 e. The van der Waals surface area contributed by atoms with Crippen LogP contribution in [0.15, 0.2) is 6.07 Å². The van der Waals surface area contributed by atoms with Gasteiger partial charge in [0.05, 0.1) is 0 Å². The fourth-order valence-electron chi connectivity index (χ4n) is 1.24. The zero-order chi connectivity index (χ0) is 10.6. The molecular formula is C10H14ClNOS. The molecule has 0 spiro atoms. The van der Waals surface area contributed by atoms with E-state index in [-0.39, 0.29) is 5.78 Å². The maximum atomic E-state index is 11.6. The van der Waals surface area contributed by atoms with Crippen molar-refractivity contribution in [2.24, 2.45) is 0 Å². The number of hydrogen-bond donors (Lipinski definition) is 1. The Balaban J connectivity index is 2.56. The first kappa shape index (κ1) is 11.7. The average molecular weight is 232 g/mol. The van der Waals surface area contributed by atoms with Crippen LogP contribution < -0.4 is 5.32 Å². The van der Waals surface area contributed by atoms with Crippen molar-refractivity contribution in [3.8, 4) is 0 Å². The molecule has 0 atom stereocenters. The SMILES string of the molecule is CNCCCC(=O)c1cc(C)sc1Cl. The van der Waals surface area contributed by atoms with Crippen LogP contribution in [0, 0.1) is 6.92 Å². The van der Waals surface area contributed by atoms with Crippen LogP contribution in [-0.4, -0.2) is 19.4 Å². The predicted molar refractivity (Wildman–Crippen MR) is 61.6 cm³/mol. The van der Waals surface area contributed by atoms with Gasteiger partial charge in [-0.15, -0.1) is 11.3 Å². The van der Waals surface area contributed by atoms with Crippen molar-refractivity contribution in [2.75, 3.05) is 13.6 Å². The third-order valence-corrected chi connectivity index (χ3v) is 3.21. The zero-order valence-electron chi connectivity index (χ0n) is 8.39. The van der Waals surface area contributed by atoms with Crippen molar-refractivity contribution in [3.63, 3.8) is 0 Å². The topological polar surface area (TPSA) is 29.1 Å². The van der Waals surface area contributed by atoms with Crippen LogP contribution in [0.1, 0.15) is 28.1 Å². The maximum absolute atomic E-state index is 11.6. The van der Waals surface area contributed by atoms with E-state index in [4.69, 9.17) is 11.6 Å². The third kappa shape index (κ3) is 3.08. The van der Waals surface area contributed by atoms with Gasteiger partial charge >= 0.3 is 0 Å². The summed E-state index contributed by atoms with van der Waals surface area (Å²) in [6.07, 6.45) is 1.43.